The van der Waals surface area contributed by atoms with Gasteiger partial charge in [0, 0.05) is 0 Å². The predicted molar refractivity (Wildman–Crippen MR) is 90.2 cm³/mol. The van der Waals surface area contributed by atoms with Crippen LogP contribution in [0.2, 0.25) is 0 Å². The summed E-state index contributed by atoms with van der Waals surface area (Å²) in [4.78, 5) is 16.3. The molecule has 0 aliphatic rings. The molecule has 0 aliphatic carbocycles. The summed E-state index contributed by atoms with van der Waals surface area (Å²) < 4.78 is 20.2. The number of methoxy groups -OCH3 is 1. The molecule has 0 aliphatic heterocycles. The first-order valence-corrected chi connectivity index (χ1v) is 7.68. The number of rotatable bonds is 5. The van der Waals surface area contributed by atoms with Crippen LogP contribution in [0.4, 0.5) is 4.39 Å². The van der Waals surface area contributed by atoms with Crippen molar-refractivity contribution in [3.8, 4) is 11.4 Å². The lowest BCUT2D eigenvalue weighted by Crippen LogP contribution is -2.27. The molecule has 6 nitrogen and oxygen atoms in total. The van der Waals surface area contributed by atoms with Crippen molar-refractivity contribution in [3.05, 3.63) is 72.1 Å². The zero-order chi connectivity index (χ0) is 17.8. The molecule has 0 bridgehead atoms. The van der Waals surface area contributed by atoms with Crippen LogP contribution in [0.5, 0.6) is 5.75 Å². The summed E-state index contributed by atoms with van der Waals surface area (Å²) in [5.74, 6) is -0.562. The molecule has 0 saturated carbocycles. The van der Waals surface area contributed by atoms with Crippen molar-refractivity contribution in [1.29, 1.82) is 0 Å². The molecule has 1 N–H and O–H groups in total. The van der Waals surface area contributed by atoms with Gasteiger partial charge in [-0.25, -0.2) is 14.1 Å². The lowest BCUT2D eigenvalue weighted by molar-refractivity contribution is 0.0936. The number of carbonyl (C=O) groups excluding carboxylic acids is 1. The molecule has 7 heteroatoms. The zero-order valence-corrected chi connectivity index (χ0v) is 13.8. The molecule has 128 valence electrons. The summed E-state index contributed by atoms with van der Waals surface area (Å²) in [5.41, 5.74) is 1.94. The van der Waals surface area contributed by atoms with Crippen LogP contribution in [0, 0.1) is 5.82 Å². The van der Waals surface area contributed by atoms with Crippen LogP contribution in [-0.2, 0) is 0 Å². The Balaban J connectivity index is 1.74. The second kappa shape index (κ2) is 7.12. The highest BCUT2D eigenvalue weighted by Crippen LogP contribution is 2.21. The van der Waals surface area contributed by atoms with Crippen molar-refractivity contribution in [2.24, 2.45) is 0 Å². The quantitative estimate of drug-likeness (QED) is 0.775. The Hall–Kier alpha value is -3.22. The standard InChI is InChI=1S/C18H17FN4O2/c1-12(13-3-6-15(7-4-13)23-11-20-10-21-23)22-18(24)16-9-14(19)5-8-17(16)25-2/h3-12H,1-2H3,(H,22,24). The van der Waals surface area contributed by atoms with Gasteiger partial charge in [0.25, 0.3) is 5.91 Å². The Kier molecular flexibility index (Phi) is 4.74. The largest absolute Gasteiger partial charge is 0.496 e. The second-order valence-corrected chi connectivity index (χ2v) is 5.47. The molecule has 1 aromatic heterocycles. The molecule has 0 radical (unpaired) electrons. The lowest BCUT2D eigenvalue weighted by Gasteiger charge is -2.16. The van der Waals surface area contributed by atoms with Gasteiger partial charge in [-0.1, -0.05) is 12.1 Å². The molecule has 25 heavy (non-hydrogen) atoms. The third-order valence-corrected chi connectivity index (χ3v) is 3.83. The highest BCUT2D eigenvalue weighted by molar-refractivity contribution is 5.97. The average Bonchev–Trinajstić information content (AvgIpc) is 3.16. The molecule has 0 spiro atoms. The molecule has 3 rings (SSSR count). The maximum atomic E-state index is 13.4. The number of hydrogen-bond acceptors (Lipinski definition) is 4. The molecule has 0 saturated heterocycles. The smallest absolute Gasteiger partial charge is 0.255 e. The Morgan fingerprint density at radius 1 is 1.24 bits per heavy atom. The minimum atomic E-state index is -0.490. The number of amides is 1. The van der Waals surface area contributed by atoms with Crippen molar-refractivity contribution < 1.29 is 13.9 Å². The third kappa shape index (κ3) is 3.65. The zero-order valence-electron chi connectivity index (χ0n) is 13.8. The summed E-state index contributed by atoms with van der Waals surface area (Å²) in [5, 5.41) is 6.91. The SMILES string of the molecule is COc1ccc(F)cc1C(=O)NC(C)c1ccc(-n2cncn2)cc1. The first-order valence-electron chi connectivity index (χ1n) is 7.68. The number of hydrogen-bond donors (Lipinski definition) is 1. The van der Waals surface area contributed by atoms with E-state index in [1.54, 1.807) is 11.0 Å². The van der Waals surface area contributed by atoms with Crippen molar-refractivity contribution in [2.75, 3.05) is 7.11 Å². The number of aromatic nitrogens is 3. The molecule has 0 fully saturated rings. The fraction of sp³-hybridized carbons (Fsp3) is 0.167. The summed E-state index contributed by atoms with van der Waals surface area (Å²) >= 11 is 0. The van der Waals surface area contributed by atoms with E-state index in [9.17, 15) is 9.18 Å². The van der Waals surface area contributed by atoms with Gasteiger partial charge >= 0.3 is 0 Å². The summed E-state index contributed by atoms with van der Waals surface area (Å²) in [6, 6.07) is 11.1. The van der Waals surface area contributed by atoms with Crippen LogP contribution in [-0.4, -0.2) is 27.8 Å². The Bertz CT molecular complexity index is 863. The molecule has 1 atom stereocenters. The first-order chi connectivity index (χ1) is 12.1. The van der Waals surface area contributed by atoms with Gasteiger partial charge in [-0.2, -0.15) is 5.10 Å². The normalized spacial score (nSPS) is 11.8. The van der Waals surface area contributed by atoms with Gasteiger partial charge in [-0.15, -0.1) is 0 Å². The van der Waals surface area contributed by atoms with Gasteiger partial charge in [0.1, 0.15) is 24.2 Å². The van der Waals surface area contributed by atoms with E-state index in [0.29, 0.717) is 5.75 Å². The van der Waals surface area contributed by atoms with E-state index in [1.807, 2.05) is 31.2 Å². The lowest BCUT2D eigenvalue weighted by atomic mass is 10.1. The van der Waals surface area contributed by atoms with E-state index in [-0.39, 0.29) is 11.6 Å². The van der Waals surface area contributed by atoms with Gasteiger partial charge in [0.2, 0.25) is 0 Å². The van der Waals surface area contributed by atoms with Crippen LogP contribution < -0.4 is 10.1 Å². The highest BCUT2D eigenvalue weighted by Gasteiger charge is 2.16. The monoisotopic (exact) mass is 340 g/mol. The number of carbonyl (C=O) groups is 1. The Morgan fingerprint density at radius 3 is 2.64 bits per heavy atom. The molecule has 1 heterocycles. The number of benzene rings is 2. The molecule has 2 aromatic carbocycles. The molecule has 3 aromatic rings. The predicted octanol–water partition coefficient (Wildman–Crippen LogP) is 2.91. The van der Waals surface area contributed by atoms with Crippen molar-refractivity contribution in [3.63, 3.8) is 0 Å². The van der Waals surface area contributed by atoms with Gasteiger partial charge in [-0.05, 0) is 42.8 Å². The topological polar surface area (TPSA) is 69.0 Å². The van der Waals surface area contributed by atoms with Gasteiger partial charge in [-0.3, -0.25) is 4.79 Å². The number of halogens is 1. The summed E-state index contributed by atoms with van der Waals surface area (Å²) in [6.45, 7) is 1.86. The number of nitrogens with one attached hydrogen (secondary N) is 1. The van der Waals surface area contributed by atoms with E-state index in [4.69, 9.17) is 4.74 Å². The van der Waals surface area contributed by atoms with Gasteiger partial charge in [0.05, 0.1) is 24.4 Å². The van der Waals surface area contributed by atoms with E-state index in [2.05, 4.69) is 15.4 Å². The van der Waals surface area contributed by atoms with E-state index >= 15 is 0 Å². The maximum Gasteiger partial charge on any atom is 0.255 e. The van der Waals surface area contributed by atoms with E-state index < -0.39 is 11.7 Å². The fourth-order valence-electron chi connectivity index (χ4n) is 2.47. The highest BCUT2D eigenvalue weighted by atomic mass is 19.1. The van der Waals surface area contributed by atoms with Crippen LogP contribution in [0.1, 0.15) is 28.9 Å². The van der Waals surface area contributed by atoms with E-state index in [1.165, 1.54) is 25.6 Å². The number of ether oxygens (including phenoxy) is 1. The first kappa shape index (κ1) is 16.6. The minimum absolute atomic E-state index is 0.161. The average molecular weight is 340 g/mol. The third-order valence-electron chi connectivity index (χ3n) is 3.83. The molecule has 1 amide bonds. The van der Waals surface area contributed by atoms with E-state index in [0.717, 1.165) is 17.3 Å². The molecule has 1 unspecified atom stereocenters. The van der Waals surface area contributed by atoms with Gasteiger partial charge < -0.3 is 10.1 Å². The van der Waals surface area contributed by atoms with Crippen molar-refractivity contribution >= 4 is 5.91 Å². The second-order valence-electron chi connectivity index (χ2n) is 5.47. The van der Waals surface area contributed by atoms with Crippen LogP contribution in [0.25, 0.3) is 5.69 Å². The fourth-order valence-corrected chi connectivity index (χ4v) is 2.47. The van der Waals surface area contributed by atoms with Crippen LogP contribution >= 0.6 is 0 Å². The Morgan fingerprint density at radius 2 is 2.00 bits per heavy atom. The van der Waals surface area contributed by atoms with Crippen molar-refractivity contribution in [1.82, 2.24) is 20.1 Å². The van der Waals surface area contributed by atoms with Gasteiger partial charge in [0.15, 0.2) is 0 Å². The number of nitrogens with zero attached hydrogens (tertiary/aromatic N) is 3. The van der Waals surface area contributed by atoms with Crippen LogP contribution in [0.3, 0.4) is 0 Å². The maximum absolute atomic E-state index is 13.4. The van der Waals surface area contributed by atoms with Crippen LogP contribution in [0.15, 0.2) is 55.1 Å². The molecular weight excluding hydrogens is 323 g/mol. The summed E-state index contributed by atoms with van der Waals surface area (Å²) in [7, 11) is 1.44. The van der Waals surface area contributed by atoms with Crippen molar-refractivity contribution in [2.45, 2.75) is 13.0 Å². The minimum Gasteiger partial charge on any atom is -0.496 e. The summed E-state index contributed by atoms with van der Waals surface area (Å²) in [6.07, 6.45) is 3.07. The Labute approximate surface area is 144 Å². The molecular formula is C18H17FN4O2.